The van der Waals surface area contributed by atoms with Crippen molar-refractivity contribution in [1.29, 1.82) is 5.26 Å². The molecular weight excluding hydrogens is 304 g/mol. The van der Waals surface area contributed by atoms with Crippen molar-refractivity contribution in [3.63, 3.8) is 0 Å². The Bertz CT molecular complexity index is 304. The van der Waals surface area contributed by atoms with Crippen LogP contribution in [0.25, 0.3) is 0 Å². The summed E-state index contributed by atoms with van der Waals surface area (Å²) >= 11 is 0. The van der Waals surface area contributed by atoms with E-state index in [1.54, 1.807) is 0 Å². The number of quaternary nitrogens is 1. The molecule has 0 N–H and O–H groups in total. The number of hydrogen-bond donors (Lipinski definition) is 0. The maximum absolute atomic E-state index is 8.58. The topological polar surface area (TPSA) is 23.8 Å². The molecule has 0 atom stereocenters. The van der Waals surface area contributed by atoms with Crippen LogP contribution in [0.15, 0.2) is 0 Å². The second-order valence-electron chi connectivity index (χ2n) is 8.59. The Labute approximate surface area is 159 Å². The highest BCUT2D eigenvalue weighted by molar-refractivity contribution is 4.67. The van der Waals surface area contributed by atoms with Crippen LogP contribution >= 0.6 is 0 Å². The minimum absolute atomic E-state index is 0.721. The van der Waals surface area contributed by atoms with Gasteiger partial charge in [0, 0.05) is 6.42 Å². The van der Waals surface area contributed by atoms with Crippen molar-refractivity contribution in [2.24, 2.45) is 0 Å². The van der Waals surface area contributed by atoms with Gasteiger partial charge < -0.3 is 4.48 Å². The van der Waals surface area contributed by atoms with Crippen LogP contribution < -0.4 is 0 Å². The molecule has 0 rings (SSSR count). The van der Waals surface area contributed by atoms with Crippen molar-refractivity contribution in [2.75, 3.05) is 27.2 Å². The van der Waals surface area contributed by atoms with Gasteiger partial charge in [-0.2, -0.15) is 5.26 Å². The van der Waals surface area contributed by atoms with Crippen LogP contribution in [0.5, 0.6) is 0 Å². The van der Waals surface area contributed by atoms with E-state index in [9.17, 15) is 0 Å². The number of unbranched alkanes of at least 4 members (excludes halogenated alkanes) is 15. The molecule has 0 aromatic rings. The first-order valence-corrected chi connectivity index (χ1v) is 11.3. The molecule has 2 heteroatoms. The second-order valence-corrected chi connectivity index (χ2v) is 8.59. The molecule has 0 aromatic heterocycles. The maximum Gasteiger partial charge on any atom is 0.0782 e. The predicted molar refractivity (Wildman–Crippen MR) is 112 cm³/mol. The summed E-state index contributed by atoms with van der Waals surface area (Å²) in [5.41, 5.74) is 0. The lowest BCUT2D eigenvalue weighted by molar-refractivity contribution is -0.890. The lowest BCUT2D eigenvalue weighted by Crippen LogP contribution is -2.41. The average Bonchev–Trinajstić information content (AvgIpc) is 2.59. The highest BCUT2D eigenvalue weighted by Gasteiger charge is 2.13. The van der Waals surface area contributed by atoms with E-state index in [-0.39, 0.29) is 0 Å². The molecule has 0 spiro atoms. The van der Waals surface area contributed by atoms with E-state index < -0.39 is 0 Å². The van der Waals surface area contributed by atoms with Gasteiger partial charge in [0.2, 0.25) is 0 Å². The van der Waals surface area contributed by atoms with Crippen LogP contribution in [0.4, 0.5) is 0 Å². The lowest BCUT2D eigenvalue weighted by Gasteiger charge is -2.29. The standard InChI is InChI=1S/C23H47N2/c1-4-5-6-7-8-9-10-11-12-13-14-15-16-19-22-25(2,3)23-20-17-18-21-24/h4-20,22-23H2,1-3H3/q+1. The van der Waals surface area contributed by atoms with Gasteiger partial charge in [-0.05, 0) is 25.7 Å². The summed E-state index contributed by atoms with van der Waals surface area (Å²) in [4.78, 5) is 0. The SMILES string of the molecule is CCCCCCCCCCCCCCCC[N+](C)(C)CCCCC#N. The van der Waals surface area contributed by atoms with E-state index >= 15 is 0 Å². The van der Waals surface area contributed by atoms with Crippen molar-refractivity contribution in [3.05, 3.63) is 0 Å². The van der Waals surface area contributed by atoms with Gasteiger partial charge in [0.25, 0.3) is 0 Å². The molecule has 0 aliphatic carbocycles. The van der Waals surface area contributed by atoms with Crippen molar-refractivity contribution in [2.45, 2.75) is 116 Å². The Kier molecular flexibility index (Phi) is 17.8. The molecule has 0 fully saturated rings. The molecule has 2 nitrogen and oxygen atoms in total. The Morgan fingerprint density at radius 1 is 0.560 bits per heavy atom. The summed E-state index contributed by atoms with van der Waals surface area (Å²) in [6.07, 6.45) is 23.0. The first kappa shape index (κ1) is 24.5. The minimum Gasteiger partial charge on any atom is -0.328 e. The van der Waals surface area contributed by atoms with E-state index in [1.807, 2.05) is 0 Å². The Morgan fingerprint density at radius 3 is 1.32 bits per heavy atom. The number of nitriles is 1. The first-order chi connectivity index (χ1) is 12.1. The van der Waals surface area contributed by atoms with E-state index in [0.29, 0.717) is 0 Å². The van der Waals surface area contributed by atoms with Gasteiger partial charge in [-0.1, -0.05) is 84.0 Å². The summed E-state index contributed by atoms with van der Waals surface area (Å²) in [5, 5.41) is 8.58. The lowest BCUT2D eigenvalue weighted by atomic mass is 10.0. The van der Waals surface area contributed by atoms with Crippen molar-refractivity contribution >= 4 is 0 Å². The van der Waals surface area contributed by atoms with Crippen LogP contribution in [0.2, 0.25) is 0 Å². The predicted octanol–water partition coefficient (Wildman–Crippen LogP) is 7.24. The molecule has 0 heterocycles. The van der Waals surface area contributed by atoms with E-state index in [0.717, 1.165) is 17.3 Å². The summed E-state index contributed by atoms with van der Waals surface area (Å²) < 4.78 is 1.13. The van der Waals surface area contributed by atoms with Crippen LogP contribution in [-0.2, 0) is 0 Å². The summed E-state index contributed by atoms with van der Waals surface area (Å²) in [6.45, 7) is 4.81. The van der Waals surface area contributed by atoms with Crippen LogP contribution in [-0.4, -0.2) is 31.7 Å². The van der Waals surface area contributed by atoms with Gasteiger partial charge in [-0.25, -0.2) is 0 Å². The Balaban J connectivity index is 3.23. The van der Waals surface area contributed by atoms with E-state index in [2.05, 4.69) is 27.1 Å². The number of nitrogens with zero attached hydrogens (tertiary/aromatic N) is 2. The van der Waals surface area contributed by atoms with Crippen molar-refractivity contribution < 1.29 is 4.48 Å². The smallest absolute Gasteiger partial charge is 0.0782 e. The molecular formula is C23H47N2+. The molecule has 0 aliphatic rings. The van der Waals surface area contributed by atoms with Crippen LogP contribution in [0, 0.1) is 11.3 Å². The molecule has 148 valence electrons. The molecule has 0 unspecified atom stereocenters. The zero-order valence-corrected chi connectivity index (χ0v) is 17.8. The zero-order valence-electron chi connectivity index (χ0n) is 17.8. The summed E-state index contributed by atoms with van der Waals surface area (Å²) in [6, 6.07) is 2.24. The van der Waals surface area contributed by atoms with Gasteiger partial charge in [0.05, 0.1) is 33.3 Å². The second kappa shape index (κ2) is 18.2. The van der Waals surface area contributed by atoms with E-state index in [1.165, 1.54) is 109 Å². The minimum atomic E-state index is 0.721. The molecule has 25 heavy (non-hydrogen) atoms. The quantitative estimate of drug-likeness (QED) is 0.178. The van der Waals surface area contributed by atoms with Gasteiger partial charge in [0.15, 0.2) is 0 Å². The monoisotopic (exact) mass is 351 g/mol. The molecule has 0 saturated heterocycles. The molecule has 0 saturated carbocycles. The average molecular weight is 352 g/mol. The summed E-state index contributed by atoms with van der Waals surface area (Å²) in [7, 11) is 4.68. The third-order valence-corrected chi connectivity index (χ3v) is 5.42. The van der Waals surface area contributed by atoms with E-state index in [4.69, 9.17) is 5.26 Å². The highest BCUT2D eigenvalue weighted by Crippen LogP contribution is 2.13. The zero-order chi connectivity index (χ0) is 18.6. The largest absolute Gasteiger partial charge is 0.328 e. The summed E-state index contributed by atoms with van der Waals surface area (Å²) in [5.74, 6) is 0. The third kappa shape index (κ3) is 19.6. The Hall–Kier alpha value is -0.550. The molecule has 0 amide bonds. The highest BCUT2D eigenvalue weighted by atomic mass is 15.3. The molecule has 0 aliphatic heterocycles. The van der Waals surface area contributed by atoms with Crippen molar-refractivity contribution in [3.8, 4) is 6.07 Å². The van der Waals surface area contributed by atoms with Gasteiger partial charge in [-0.3, -0.25) is 0 Å². The van der Waals surface area contributed by atoms with Crippen LogP contribution in [0.3, 0.4) is 0 Å². The maximum atomic E-state index is 8.58. The number of hydrogen-bond acceptors (Lipinski definition) is 1. The molecule has 0 radical (unpaired) electrons. The fourth-order valence-electron chi connectivity index (χ4n) is 3.59. The fraction of sp³-hybridized carbons (Fsp3) is 0.957. The fourth-order valence-corrected chi connectivity index (χ4v) is 3.59. The molecule has 0 aromatic carbocycles. The number of rotatable bonds is 19. The van der Waals surface area contributed by atoms with Gasteiger partial charge >= 0.3 is 0 Å². The van der Waals surface area contributed by atoms with Crippen LogP contribution in [0.1, 0.15) is 116 Å². The third-order valence-electron chi connectivity index (χ3n) is 5.42. The Morgan fingerprint density at radius 2 is 0.920 bits per heavy atom. The first-order valence-electron chi connectivity index (χ1n) is 11.3. The normalized spacial score (nSPS) is 11.6. The van der Waals surface area contributed by atoms with Crippen molar-refractivity contribution in [1.82, 2.24) is 0 Å². The molecule has 0 bridgehead atoms. The van der Waals surface area contributed by atoms with Gasteiger partial charge in [-0.15, -0.1) is 0 Å². The van der Waals surface area contributed by atoms with Gasteiger partial charge in [0.1, 0.15) is 0 Å².